The number of hydrogen-bond acceptors (Lipinski definition) is 8. The molecule has 0 bridgehead atoms. The molecule has 0 radical (unpaired) electrons. The number of nitrogen functional groups attached to an aromatic ring is 1. The fourth-order valence-electron chi connectivity index (χ4n) is 5.82. The second-order valence-corrected chi connectivity index (χ2v) is 11.9. The molecule has 2 heterocycles. The third-order valence-electron chi connectivity index (χ3n) is 8.33. The highest BCUT2D eigenvalue weighted by molar-refractivity contribution is 5.93. The van der Waals surface area contributed by atoms with Crippen molar-refractivity contribution in [3.8, 4) is 0 Å². The molecule has 0 saturated carbocycles. The van der Waals surface area contributed by atoms with E-state index in [0.717, 1.165) is 36.1 Å². The zero-order valence-corrected chi connectivity index (χ0v) is 25.6. The van der Waals surface area contributed by atoms with Crippen LogP contribution in [0.5, 0.6) is 0 Å². The van der Waals surface area contributed by atoms with E-state index in [9.17, 15) is 19.8 Å². The standard InChI is InChI=1S/C35H44N4O6/c36-30-6-4-5-7-31(30)38-34(43)9-3-1-2-8-33(42)37-27-16-14-26(15-17-27)35-44-29(22-39-19-18-28(41)21-39)20-32(45-35)25-12-10-24(23-40)11-13-25/h4-7,10-17,28-29,32,35,40-41H,1-3,8-9,18-23,36H2,(H,37,42)(H,38,43). The van der Waals surface area contributed by atoms with E-state index in [2.05, 4.69) is 15.5 Å². The lowest BCUT2D eigenvalue weighted by atomic mass is 9.99. The van der Waals surface area contributed by atoms with Gasteiger partial charge in [-0.15, -0.1) is 0 Å². The topological polar surface area (TPSA) is 146 Å². The molecule has 2 aliphatic heterocycles. The number of carbonyl (C=O) groups excluding carboxylic acids is 2. The normalized spacial score (nSPS) is 21.8. The Morgan fingerprint density at radius 3 is 2.22 bits per heavy atom. The fourth-order valence-corrected chi connectivity index (χ4v) is 5.82. The van der Waals surface area contributed by atoms with Crippen molar-refractivity contribution in [2.45, 2.75) is 76.2 Å². The molecule has 45 heavy (non-hydrogen) atoms. The third kappa shape index (κ3) is 9.59. The molecule has 3 aromatic carbocycles. The van der Waals surface area contributed by atoms with Gasteiger partial charge in [0.05, 0.1) is 36.3 Å². The molecule has 10 nitrogen and oxygen atoms in total. The van der Waals surface area contributed by atoms with Crippen LogP contribution in [0.1, 0.15) is 74.0 Å². The van der Waals surface area contributed by atoms with Gasteiger partial charge in [0.2, 0.25) is 11.8 Å². The number of ether oxygens (including phenoxy) is 2. The summed E-state index contributed by atoms with van der Waals surface area (Å²) in [5.41, 5.74) is 10.4. The number of anilines is 3. The SMILES string of the molecule is Nc1ccccc1NC(=O)CCCCCC(=O)Nc1ccc(C2OC(CN3CCC(O)C3)CC(c3ccc(CO)cc3)O2)cc1. The molecular weight excluding hydrogens is 572 g/mol. The maximum atomic E-state index is 12.6. The molecule has 0 aliphatic carbocycles. The predicted octanol–water partition coefficient (Wildman–Crippen LogP) is 4.90. The summed E-state index contributed by atoms with van der Waals surface area (Å²) >= 11 is 0. The predicted molar refractivity (Wildman–Crippen MR) is 173 cm³/mol. The number of β-amino-alcohol motifs (C(OH)–C–C–N with tert-alkyl or cyclic N) is 1. The van der Waals surface area contributed by atoms with Crippen molar-refractivity contribution < 1.29 is 29.3 Å². The number of amides is 2. The van der Waals surface area contributed by atoms with E-state index in [0.29, 0.717) is 62.3 Å². The Hall–Kier alpha value is -3.80. The Labute approximate surface area is 264 Å². The van der Waals surface area contributed by atoms with Gasteiger partial charge in [-0.1, -0.05) is 55.0 Å². The van der Waals surface area contributed by atoms with Gasteiger partial charge in [0.25, 0.3) is 0 Å². The van der Waals surface area contributed by atoms with Crippen LogP contribution in [0.15, 0.2) is 72.8 Å². The van der Waals surface area contributed by atoms with E-state index in [1.807, 2.05) is 60.7 Å². The highest BCUT2D eigenvalue weighted by Crippen LogP contribution is 2.38. The van der Waals surface area contributed by atoms with Crippen LogP contribution in [0.4, 0.5) is 17.1 Å². The number of aliphatic hydroxyl groups is 2. The molecule has 5 rings (SSSR count). The smallest absolute Gasteiger partial charge is 0.224 e. The van der Waals surface area contributed by atoms with Crippen molar-refractivity contribution in [1.29, 1.82) is 0 Å². The Kier molecular flexibility index (Phi) is 11.6. The number of nitrogens with one attached hydrogen (secondary N) is 2. The zero-order valence-electron chi connectivity index (χ0n) is 25.6. The van der Waals surface area contributed by atoms with Gasteiger partial charge < -0.3 is 36.1 Å². The highest BCUT2D eigenvalue weighted by atomic mass is 16.7. The second-order valence-electron chi connectivity index (χ2n) is 11.9. The van der Waals surface area contributed by atoms with Gasteiger partial charge in [0.15, 0.2) is 6.29 Å². The first-order chi connectivity index (χ1) is 21.9. The summed E-state index contributed by atoms with van der Waals surface area (Å²) in [5, 5.41) is 25.2. The van der Waals surface area contributed by atoms with E-state index in [1.54, 1.807) is 12.1 Å². The summed E-state index contributed by atoms with van der Waals surface area (Å²) in [7, 11) is 0. The number of nitrogens with two attached hydrogens (primary N) is 1. The lowest BCUT2D eigenvalue weighted by Crippen LogP contribution is -2.38. The molecule has 2 fully saturated rings. The maximum absolute atomic E-state index is 12.6. The number of carbonyl (C=O) groups is 2. The number of unbranched alkanes of at least 4 members (excludes halogenated alkanes) is 2. The minimum absolute atomic E-state index is 0.00941. The number of likely N-dealkylation sites (tertiary alicyclic amines) is 1. The Morgan fingerprint density at radius 2 is 1.56 bits per heavy atom. The van der Waals surface area contributed by atoms with E-state index in [4.69, 9.17) is 15.2 Å². The van der Waals surface area contributed by atoms with Gasteiger partial charge in [-0.05, 0) is 54.7 Å². The summed E-state index contributed by atoms with van der Waals surface area (Å²) in [6.45, 7) is 2.19. The van der Waals surface area contributed by atoms with Crippen LogP contribution in [0.3, 0.4) is 0 Å². The minimum atomic E-state index is -0.584. The van der Waals surface area contributed by atoms with Crippen LogP contribution in [-0.2, 0) is 25.7 Å². The monoisotopic (exact) mass is 616 g/mol. The Balaban J connectivity index is 1.10. The largest absolute Gasteiger partial charge is 0.397 e. The molecule has 240 valence electrons. The third-order valence-corrected chi connectivity index (χ3v) is 8.33. The van der Waals surface area contributed by atoms with E-state index in [-0.39, 0.29) is 36.7 Å². The Morgan fingerprint density at radius 1 is 0.867 bits per heavy atom. The van der Waals surface area contributed by atoms with Crippen molar-refractivity contribution in [2.75, 3.05) is 36.0 Å². The average molecular weight is 617 g/mol. The van der Waals surface area contributed by atoms with Crippen LogP contribution in [0.25, 0.3) is 0 Å². The minimum Gasteiger partial charge on any atom is -0.397 e. The number of nitrogens with zero attached hydrogens (tertiary/aromatic N) is 1. The molecular formula is C35H44N4O6. The molecule has 4 atom stereocenters. The number of hydrogen-bond donors (Lipinski definition) is 5. The molecule has 0 aromatic heterocycles. The molecule has 10 heteroatoms. The van der Waals surface area contributed by atoms with Crippen LogP contribution in [-0.4, -0.2) is 58.8 Å². The first-order valence-corrected chi connectivity index (χ1v) is 15.8. The summed E-state index contributed by atoms with van der Waals surface area (Å²) in [5.74, 6) is -0.163. The molecule has 2 aliphatic rings. The first-order valence-electron chi connectivity index (χ1n) is 15.8. The van der Waals surface area contributed by atoms with Crippen LogP contribution < -0.4 is 16.4 Å². The van der Waals surface area contributed by atoms with Crippen molar-refractivity contribution in [2.24, 2.45) is 0 Å². The lowest BCUT2D eigenvalue weighted by molar-refractivity contribution is -0.252. The number of rotatable bonds is 13. The summed E-state index contributed by atoms with van der Waals surface area (Å²) in [6, 6.07) is 22.5. The van der Waals surface area contributed by atoms with Gasteiger partial charge in [0, 0.05) is 50.1 Å². The van der Waals surface area contributed by atoms with Crippen LogP contribution in [0.2, 0.25) is 0 Å². The maximum Gasteiger partial charge on any atom is 0.224 e. The number of aliphatic hydroxyl groups excluding tert-OH is 2. The molecule has 3 aromatic rings. The van der Waals surface area contributed by atoms with Crippen molar-refractivity contribution in [1.82, 2.24) is 4.90 Å². The molecule has 6 N–H and O–H groups in total. The summed E-state index contributed by atoms with van der Waals surface area (Å²) in [4.78, 5) is 27.0. The quantitative estimate of drug-likeness (QED) is 0.135. The number of para-hydroxylation sites is 2. The molecule has 0 spiro atoms. The van der Waals surface area contributed by atoms with Crippen molar-refractivity contribution >= 4 is 28.9 Å². The Bertz CT molecular complexity index is 1400. The summed E-state index contributed by atoms with van der Waals surface area (Å²) in [6.07, 6.45) is 3.19. The van der Waals surface area contributed by atoms with Gasteiger partial charge in [-0.25, -0.2) is 0 Å². The average Bonchev–Trinajstić information content (AvgIpc) is 3.46. The summed E-state index contributed by atoms with van der Waals surface area (Å²) < 4.78 is 12.8. The van der Waals surface area contributed by atoms with Gasteiger partial charge in [0.1, 0.15) is 0 Å². The van der Waals surface area contributed by atoms with E-state index >= 15 is 0 Å². The lowest BCUT2D eigenvalue weighted by Gasteiger charge is -2.37. The molecule has 4 unspecified atom stereocenters. The van der Waals surface area contributed by atoms with Gasteiger partial charge >= 0.3 is 0 Å². The van der Waals surface area contributed by atoms with E-state index < -0.39 is 6.29 Å². The zero-order chi connectivity index (χ0) is 31.6. The molecule has 2 amide bonds. The molecule has 2 saturated heterocycles. The first kappa shape index (κ1) is 32.6. The number of benzene rings is 3. The van der Waals surface area contributed by atoms with Crippen LogP contribution in [0, 0.1) is 0 Å². The van der Waals surface area contributed by atoms with Crippen molar-refractivity contribution in [3.63, 3.8) is 0 Å². The van der Waals surface area contributed by atoms with Crippen molar-refractivity contribution in [3.05, 3.63) is 89.5 Å². The van der Waals surface area contributed by atoms with Crippen LogP contribution >= 0.6 is 0 Å². The second kappa shape index (κ2) is 16.0. The van der Waals surface area contributed by atoms with Gasteiger partial charge in [-0.3, -0.25) is 14.5 Å². The fraction of sp³-hybridized carbons (Fsp3) is 0.429. The van der Waals surface area contributed by atoms with E-state index in [1.165, 1.54) is 0 Å². The van der Waals surface area contributed by atoms with Gasteiger partial charge in [-0.2, -0.15) is 0 Å². The highest BCUT2D eigenvalue weighted by Gasteiger charge is 2.34.